The molecule has 0 aliphatic carbocycles. The van der Waals surface area contributed by atoms with Crippen molar-refractivity contribution in [3.05, 3.63) is 94.5 Å². The van der Waals surface area contributed by atoms with Gasteiger partial charge in [-0.15, -0.1) is 11.3 Å². The molecule has 0 radical (unpaired) electrons. The minimum atomic E-state index is -0.380. The van der Waals surface area contributed by atoms with Crippen LogP contribution in [0.25, 0.3) is 10.6 Å². The molecule has 1 aliphatic heterocycles. The minimum absolute atomic E-state index is 0.174. The first kappa shape index (κ1) is 19.3. The molecular weight excluding hydrogens is 410 g/mol. The minimum Gasteiger partial charge on any atom is -0.462 e. The average Bonchev–Trinajstić information content (AvgIpc) is 3.52. The third-order valence-electron chi connectivity index (χ3n) is 5.30. The number of benzene rings is 2. The van der Waals surface area contributed by atoms with Gasteiger partial charge in [-0.1, -0.05) is 36.4 Å². The zero-order chi connectivity index (χ0) is 21.4. The van der Waals surface area contributed by atoms with Gasteiger partial charge in [-0.05, 0) is 48.2 Å². The molecule has 2 aromatic heterocycles. The molecule has 7 heteroatoms. The van der Waals surface area contributed by atoms with Gasteiger partial charge in [0, 0.05) is 11.3 Å². The van der Waals surface area contributed by atoms with Crippen molar-refractivity contribution in [1.29, 1.82) is 0 Å². The Hall–Kier alpha value is -3.71. The van der Waals surface area contributed by atoms with E-state index in [1.54, 1.807) is 47.4 Å². The van der Waals surface area contributed by atoms with Gasteiger partial charge < -0.3 is 4.74 Å². The lowest BCUT2D eigenvalue weighted by molar-refractivity contribution is 0.0526. The summed E-state index contributed by atoms with van der Waals surface area (Å²) in [7, 11) is 0. The third kappa shape index (κ3) is 3.23. The van der Waals surface area contributed by atoms with Gasteiger partial charge in [-0.2, -0.15) is 5.10 Å². The van der Waals surface area contributed by atoms with Crippen LogP contribution in [0.15, 0.2) is 72.1 Å². The first-order valence-corrected chi connectivity index (χ1v) is 10.8. The van der Waals surface area contributed by atoms with Gasteiger partial charge in [0.05, 0.1) is 28.8 Å². The van der Waals surface area contributed by atoms with Crippen LogP contribution in [-0.4, -0.2) is 28.7 Å². The molecule has 0 saturated carbocycles. The highest BCUT2D eigenvalue weighted by Gasteiger charge is 2.43. The Balaban J connectivity index is 1.62. The number of fused-ring (bicyclic) bond motifs is 1. The molecule has 4 aromatic rings. The number of hydrogen-bond acceptors (Lipinski definition) is 5. The predicted molar refractivity (Wildman–Crippen MR) is 119 cm³/mol. The molecule has 1 atom stereocenters. The van der Waals surface area contributed by atoms with Gasteiger partial charge in [0.15, 0.2) is 5.69 Å². The van der Waals surface area contributed by atoms with E-state index in [1.165, 1.54) is 0 Å². The monoisotopic (exact) mass is 429 g/mol. The van der Waals surface area contributed by atoms with Crippen LogP contribution in [0.5, 0.6) is 0 Å². The molecule has 2 aromatic carbocycles. The van der Waals surface area contributed by atoms with Crippen molar-refractivity contribution < 1.29 is 14.3 Å². The van der Waals surface area contributed by atoms with E-state index < -0.39 is 0 Å². The van der Waals surface area contributed by atoms with Crippen LogP contribution in [0.2, 0.25) is 0 Å². The van der Waals surface area contributed by atoms with Crippen LogP contribution >= 0.6 is 11.3 Å². The molecule has 1 N–H and O–H groups in total. The number of carbonyl (C=O) groups excluding carboxylic acids is 2. The van der Waals surface area contributed by atoms with E-state index in [0.717, 1.165) is 21.7 Å². The third-order valence-corrected chi connectivity index (χ3v) is 6.18. The van der Waals surface area contributed by atoms with Crippen molar-refractivity contribution >= 4 is 28.9 Å². The molecular formula is C24H19N3O3S. The van der Waals surface area contributed by atoms with Crippen molar-refractivity contribution in [2.24, 2.45) is 0 Å². The van der Waals surface area contributed by atoms with Gasteiger partial charge in [0.2, 0.25) is 0 Å². The fraction of sp³-hybridized carbons (Fsp3) is 0.125. The second-order valence-corrected chi connectivity index (χ2v) is 8.04. The number of ether oxygens (including phenoxy) is 1. The van der Waals surface area contributed by atoms with Crippen LogP contribution in [0.1, 0.15) is 44.9 Å². The maximum absolute atomic E-state index is 13.4. The number of rotatable bonds is 5. The van der Waals surface area contributed by atoms with E-state index in [4.69, 9.17) is 4.74 Å². The fourth-order valence-electron chi connectivity index (χ4n) is 3.94. The smallest absolute Gasteiger partial charge is 0.338 e. The Morgan fingerprint density at radius 3 is 2.55 bits per heavy atom. The molecule has 0 saturated heterocycles. The highest BCUT2D eigenvalue weighted by atomic mass is 32.1. The zero-order valence-corrected chi connectivity index (χ0v) is 17.6. The Bertz CT molecular complexity index is 1230. The summed E-state index contributed by atoms with van der Waals surface area (Å²) in [6.07, 6.45) is 0. The van der Waals surface area contributed by atoms with Crippen molar-refractivity contribution in [1.82, 2.24) is 10.2 Å². The number of nitrogens with zero attached hydrogens (tertiary/aromatic N) is 2. The number of anilines is 1. The van der Waals surface area contributed by atoms with Crippen LogP contribution in [0.3, 0.4) is 0 Å². The number of H-pyrrole nitrogens is 1. The summed E-state index contributed by atoms with van der Waals surface area (Å²) >= 11 is 1.60. The second kappa shape index (κ2) is 7.85. The molecule has 1 aliphatic rings. The lowest BCUT2D eigenvalue weighted by Gasteiger charge is -2.26. The van der Waals surface area contributed by atoms with Crippen LogP contribution in [0.4, 0.5) is 5.69 Å². The summed E-state index contributed by atoms with van der Waals surface area (Å²) in [5.74, 6) is -0.554. The van der Waals surface area contributed by atoms with Crippen molar-refractivity contribution in [3.63, 3.8) is 0 Å². The highest BCUT2D eigenvalue weighted by Crippen LogP contribution is 2.45. The number of hydrogen-bond donors (Lipinski definition) is 1. The van der Waals surface area contributed by atoms with Gasteiger partial charge in [0.1, 0.15) is 0 Å². The number of nitrogens with one attached hydrogen (secondary N) is 1. The molecule has 6 nitrogen and oxygen atoms in total. The van der Waals surface area contributed by atoms with Crippen molar-refractivity contribution in [2.75, 3.05) is 11.5 Å². The molecule has 1 unspecified atom stereocenters. The second-order valence-electron chi connectivity index (χ2n) is 7.09. The maximum Gasteiger partial charge on any atom is 0.338 e. The molecule has 0 fully saturated rings. The lowest BCUT2D eigenvalue weighted by Crippen LogP contribution is -2.29. The Labute approximate surface area is 183 Å². The summed E-state index contributed by atoms with van der Waals surface area (Å²) in [6, 6.07) is 20.5. The molecule has 1 amide bonds. The summed E-state index contributed by atoms with van der Waals surface area (Å²) in [4.78, 5) is 28.2. The zero-order valence-electron chi connectivity index (χ0n) is 16.7. The van der Waals surface area contributed by atoms with Gasteiger partial charge >= 0.3 is 5.97 Å². The molecule has 154 valence electrons. The molecule has 5 rings (SSSR count). The van der Waals surface area contributed by atoms with Gasteiger partial charge in [-0.25, -0.2) is 4.79 Å². The Morgan fingerprint density at radius 2 is 1.87 bits per heavy atom. The Morgan fingerprint density at radius 1 is 1.10 bits per heavy atom. The average molecular weight is 430 g/mol. The van der Waals surface area contributed by atoms with E-state index in [1.807, 2.05) is 47.8 Å². The summed E-state index contributed by atoms with van der Waals surface area (Å²) < 4.78 is 5.07. The number of carbonyl (C=O) groups is 2. The standard InChI is InChI=1S/C24H19N3O3S/c1-2-30-24(29)16-10-12-17(13-11-16)27-22(15-7-4-3-5-8-15)19-20(18-9-6-14-31-18)25-26-21(19)23(27)28/h3-14,22H,2H2,1H3,(H,25,26). The summed E-state index contributed by atoms with van der Waals surface area (Å²) in [5.41, 5.74) is 4.29. The van der Waals surface area contributed by atoms with E-state index in [9.17, 15) is 9.59 Å². The predicted octanol–water partition coefficient (Wildman–Crippen LogP) is 5.06. The SMILES string of the molecule is CCOC(=O)c1ccc(N2C(=O)c3n[nH]c(-c4cccs4)c3C2c2ccccc2)cc1. The first-order valence-electron chi connectivity index (χ1n) is 9.97. The topological polar surface area (TPSA) is 75.3 Å². The van der Waals surface area contributed by atoms with Crippen LogP contribution in [0, 0.1) is 0 Å². The van der Waals surface area contributed by atoms with Crippen LogP contribution < -0.4 is 4.90 Å². The number of thiophene rings is 1. The first-order chi connectivity index (χ1) is 15.2. The van der Waals surface area contributed by atoms with Crippen molar-refractivity contribution in [2.45, 2.75) is 13.0 Å². The van der Waals surface area contributed by atoms with Gasteiger partial charge in [-0.3, -0.25) is 14.8 Å². The Kier molecular flexibility index (Phi) is 4.88. The van der Waals surface area contributed by atoms with E-state index in [2.05, 4.69) is 10.2 Å². The van der Waals surface area contributed by atoms with E-state index in [-0.39, 0.29) is 17.9 Å². The molecule has 0 spiro atoms. The number of amides is 1. The summed E-state index contributed by atoms with van der Waals surface area (Å²) in [5, 5.41) is 9.44. The van der Waals surface area contributed by atoms with E-state index >= 15 is 0 Å². The molecule has 3 heterocycles. The summed E-state index contributed by atoms with van der Waals surface area (Å²) in [6.45, 7) is 2.08. The number of aromatic amines is 1. The van der Waals surface area contributed by atoms with Crippen LogP contribution in [-0.2, 0) is 4.74 Å². The highest BCUT2D eigenvalue weighted by molar-refractivity contribution is 7.13. The van der Waals surface area contributed by atoms with E-state index in [0.29, 0.717) is 23.6 Å². The molecule has 31 heavy (non-hydrogen) atoms. The van der Waals surface area contributed by atoms with Gasteiger partial charge in [0.25, 0.3) is 5.91 Å². The molecule has 0 bridgehead atoms. The quantitative estimate of drug-likeness (QED) is 0.450. The lowest BCUT2D eigenvalue weighted by atomic mass is 9.98. The maximum atomic E-state index is 13.4. The number of esters is 1. The normalized spacial score (nSPS) is 15.2. The largest absolute Gasteiger partial charge is 0.462 e. The fourth-order valence-corrected chi connectivity index (χ4v) is 4.67. The van der Waals surface area contributed by atoms with Crippen molar-refractivity contribution in [3.8, 4) is 10.6 Å². The number of aromatic nitrogens is 2.